The lowest BCUT2D eigenvalue weighted by Crippen LogP contribution is -2.28. The molecule has 1 N–H and O–H groups in total. The number of amides is 2. The van der Waals surface area contributed by atoms with Gasteiger partial charge in [-0.05, 0) is 36.1 Å². The molecule has 1 aliphatic rings. The van der Waals surface area contributed by atoms with Crippen LogP contribution < -0.4 is 5.32 Å². The summed E-state index contributed by atoms with van der Waals surface area (Å²) in [5.74, 6) is -0.651. The molecule has 38 heavy (non-hydrogen) atoms. The summed E-state index contributed by atoms with van der Waals surface area (Å²) in [5.41, 5.74) is 3.06. The third-order valence-electron chi connectivity index (χ3n) is 6.21. The predicted molar refractivity (Wildman–Crippen MR) is 146 cm³/mol. The van der Waals surface area contributed by atoms with Crippen LogP contribution in [0.5, 0.6) is 0 Å². The van der Waals surface area contributed by atoms with E-state index in [1.54, 1.807) is 34.0 Å². The van der Waals surface area contributed by atoms with Crippen molar-refractivity contribution in [2.24, 2.45) is 12.1 Å². The van der Waals surface area contributed by atoms with Crippen LogP contribution in [-0.4, -0.2) is 43.1 Å². The Bertz CT molecular complexity index is 1480. The van der Waals surface area contributed by atoms with Gasteiger partial charge in [0, 0.05) is 13.5 Å². The average Bonchev–Trinajstić information content (AvgIpc) is 3.67. The highest BCUT2D eigenvalue weighted by Crippen LogP contribution is 2.34. The van der Waals surface area contributed by atoms with Crippen molar-refractivity contribution in [3.05, 3.63) is 99.3 Å². The van der Waals surface area contributed by atoms with Crippen LogP contribution in [-0.2, 0) is 18.4 Å². The van der Waals surface area contributed by atoms with Gasteiger partial charge in [0.1, 0.15) is 5.82 Å². The van der Waals surface area contributed by atoms with Gasteiger partial charge in [0.15, 0.2) is 11.0 Å². The Morgan fingerprint density at radius 1 is 1.11 bits per heavy atom. The number of aryl methyl sites for hydroxylation is 1. The maximum absolute atomic E-state index is 13.9. The summed E-state index contributed by atoms with van der Waals surface area (Å²) < 4.78 is 15.6. The molecule has 0 saturated carbocycles. The molecule has 0 saturated heterocycles. The number of thiophene rings is 1. The smallest absolute Gasteiger partial charge is 0.254 e. The molecule has 4 aromatic rings. The number of rotatable bonds is 8. The van der Waals surface area contributed by atoms with E-state index in [-0.39, 0.29) is 29.8 Å². The number of carbonyl (C=O) groups is 2. The first kappa shape index (κ1) is 25.8. The lowest BCUT2D eigenvalue weighted by Gasteiger charge is -2.22. The molecule has 8 nitrogen and oxygen atoms in total. The van der Waals surface area contributed by atoms with Crippen LogP contribution in [0.4, 0.5) is 4.39 Å². The second-order valence-electron chi connectivity index (χ2n) is 8.80. The van der Waals surface area contributed by atoms with Crippen molar-refractivity contribution in [2.75, 3.05) is 5.75 Å². The number of hydrogen-bond donors (Lipinski definition) is 1. The zero-order valence-corrected chi connectivity index (χ0v) is 22.4. The number of benzene rings is 2. The van der Waals surface area contributed by atoms with E-state index in [4.69, 9.17) is 5.10 Å². The third-order valence-corrected chi connectivity index (χ3v) is 8.13. The molecule has 11 heteroatoms. The van der Waals surface area contributed by atoms with Crippen molar-refractivity contribution in [3.63, 3.8) is 0 Å². The van der Waals surface area contributed by atoms with Crippen molar-refractivity contribution < 1.29 is 14.0 Å². The van der Waals surface area contributed by atoms with Crippen molar-refractivity contribution in [3.8, 4) is 0 Å². The fourth-order valence-electron chi connectivity index (χ4n) is 4.10. The molecule has 2 aromatic heterocycles. The molecule has 2 amide bonds. The van der Waals surface area contributed by atoms with E-state index in [0.717, 1.165) is 21.7 Å². The molecular weight excluding hydrogens is 523 g/mol. The first-order valence-corrected chi connectivity index (χ1v) is 13.8. The summed E-state index contributed by atoms with van der Waals surface area (Å²) in [6.07, 6.45) is 0.649. The van der Waals surface area contributed by atoms with Gasteiger partial charge in [-0.15, -0.1) is 21.5 Å². The summed E-state index contributed by atoms with van der Waals surface area (Å²) in [7, 11) is 1.76. The average molecular weight is 549 g/mol. The summed E-state index contributed by atoms with van der Waals surface area (Å²) in [4.78, 5) is 26.7. The van der Waals surface area contributed by atoms with E-state index >= 15 is 0 Å². The summed E-state index contributed by atoms with van der Waals surface area (Å²) >= 11 is 2.86. The highest BCUT2D eigenvalue weighted by Gasteiger charge is 2.33. The lowest BCUT2D eigenvalue weighted by molar-refractivity contribution is -0.130. The SMILES string of the molecule is Cc1ccc([C@@H]2CC(c3cccs3)=NN2C(=O)CSc2nnc(CNC(=O)c3ccccc3F)n2C)cc1. The van der Waals surface area contributed by atoms with E-state index in [9.17, 15) is 14.0 Å². The van der Waals surface area contributed by atoms with E-state index < -0.39 is 11.7 Å². The zero-order valence-electron chi connectivity index (χ0n) is 20.8. The maximum atomic E-state index is 13.9. The summed E-state index contributed by atoms with van der Waals surface area (Å²) in [6, 6.07) is 17.8. The Hall–Kier alpha value is -3.83. The van der Waals surface area contributed by atoms with Gasteiger partial charge in [0.05, 0.1) is 34.5 Å². The fourth-order valence-corrected chi connectivity index (χ4v) is 5.60. The molecule has 194 valence electrons. The molecule has 0 unspecified atom stereocenters. The van der Waals surface area contributed by atoms with Crippen molar-refractivity contribution in [1.82, 2.24) is 25.1 Å². The predicted octanol–water partition coefficient (Wildman–Crippen LogP) is 4.72. The molecular formula is C27H25FN6O2S2. The Kier molecular flexibility index (Phi) is 7.66. The number of thioether (sulfide) groups is 1. The molecule has 0 spiro atoms. The first-order valence-electron chi connectivity index (χ1n) is 11.9. The van der Waals surface area contributed by atoms with Crippen LogP contribution in [0, 0.1) is 12.7 Å². The topological polar surface area (TPSA) is 92.5 Å². The molecule has 3 heterocycles. The van der Waals surface area contributed by atoms with Gasteiger partial charge < -0.3 is 9.88 Å². The minimum Gasteiger partial charge on any atom is -0.345 e. The maximum Gasteiger partial charge on any atom is 0.254 e. The molecule has 0 radical (unpaired) electrons. The van der Waals surface area contributed by atoms with E-state index in [1.165, 1.54) is 30.0 Å². The van der Waals surface area contributed by atoms with Gasteiger partial charge >= 0.3 is 0 Å². The largest absolute Gasteiger partial charge is 0.345 e. The van der Waals surface area contributed by atoms with Crippen LogP contribution in [0.25, 0.3) is 0 Å². The van der Waals surface area contributed by atoms with E-state index in [1.807, 2.05) is 48.7 Å². The molecule has 5 rings (SSSR count). The van der Waals surface area contributed by atoms with Gasteiger partial charge in [0.25, 0.3) is 11.8 Å². The minimum absolute atomic E-state index is 0.0360. The molecule has 0 fully saturated rings. The van der Waals surface area contributed by atoms with E-state index in [0.29, 0.717) is 17.4 Å². The molecule has 1 atom stereocenters. The van der Waals surface area contributed by atoms with E-state index in [2.05, 4.69) is 15.5 Å². The number of nitrogens with one attached hydrogen (secondary N) is 1. The highest BCUT2D eigenvalue weighted by atomic mass is 32.2. The zero-order chi connectivity index (χ0) is 26.6. The lowest BCUT2D eigenvalue weighted by atomic mass is 10.00. The van der Waals surface area contributed by atoms with Crippen LogP contribution >= 0.6 is 23.1 Å². The van der Waals surface area contributed by atoms with Gasteiger partial charge in [-0.1, -0.05) is 59.8 Å². The number of nitrogens with zero attached hydrogens (tertiary/aromatic N) is 5. The summed E-state index contributed by atoms with van der Waals surface area (Å²) in [5, 5.41) is 19.8. The molecule has 0 bridgehead atoms. The fraction of sp³-hybridized carbons (Fsp3) is 0.222. The standard InChI is InChI=1S/C27H25FN6O2S2/c1-17-9-11-18(12-10-17)22-14-21(23-8-5-13-37-23)32-34(22)25(35)16-38-27-31-30-24(33(27)2)15-29-26(36)19-6-3-4-7-20(19)28/h3-13,22H,14-16H2,1-2H3,(H,29,36)/t22-/m0/s1. The third kappa shape index (κ3) is 5.53. The normalized spacial score (nSPS) is 15.0. The van der Waals surface area contributed by atoms with Crippen molar-refractivity contribution in [1.29, 1.82) is 0 Å². The summed E-state index contributed by atoms with van der Waals surface area (Å²) in [6.45, 7) is 2.10. The van der Waals surface area contributed by atoms with Crippen LogP contribution in [0.15, 0.2) is 76.3 Å². The van der Waals surface area contributed by atoms with Gasteiger partial charge in [0.2, 0.25) is 0 Å². The van der Waals surface area contributed by atoms with Crippen LogP contribution in [0.3, 0.4) is 0 Å². The van der Waals surface area contributed by atoms with Crippen LogP contribution in [0.2, 0.25) is 0 Å². The Morgan fingerprint density at radius 2 is 1.89 bits per heavy atom. The monoisotopic (exact) mass is 548 g/mol. The number of hydrazone groups is 1. The second kappa shape index (κ2) is 11.3. The molecule has 2 aromatic carbocycles. The Labute approximate surface area is 227 Å². The van der Waals surface area contributed by atoms with Crippen LogP contribution in [0.1, 0.15) is 44.6 Å². The van der Waals surface area contributed by atoms with Gasteiger partial charge in [-0.25, -0.2) is 9.40 Å². The van der Waals surface area contributed by atoms with Gasteiger partial charge in [-0.3, -0.25) is 9.59 Å². The van der Waals surface area contributed by atoms with Crippen molar-refractivity contribution in [2.45, 2.75) is 31.1 Å². The highest BCUT2D eigenvalue weighted by molar-refractivity contribution is 7.99. The number of carbonyl (C=O) groups excluding carboxylic acids is 2. The number of aromatic nitrogens is 3. The number of halogens is 1. The first-order chi connectivity index (χ1) is 18.4. The molecule has 1 aliphatic heterocycles. The Balaban J connectivity index is 1.25. The minimum atomic E-state index is -0.589. The number of hydrogen-bond acceptors (Lipinski definition) is 7. The van der Waals surface area contributed by atoms with Gasteiger partial charge in [-0.2, -0.15) is 5.10 Å². The Morgan fingerprint density at radius 3 is 2.63 bits per heavy atom. The molecule has 0 aliphatic carbocycles. The van der Waals surface area contributed by atoms with Crippen molar-refractivity contribution >= 4 is 40.6 Å². The second-order valence-corrected chi connectivity index (χ2v) is 10.7. The quantitative estimate of drug-likeness (QED) is 0.322.